The van der Waals surface area contributed by atoms with Crippen molar-refractivity contribution in [1.82, 2.24) is 0 Å². The van der Waals surface area contributed by atoms with E-state index in [1.54, 1.807) is 0 Å². The predicted octanol–water partition coefficient (Wildman–Crippen LogP) is 4.09. The van der Waals surface area contributed by atoms with E-state index in [1.807, 2.05) is 0 Å². The molecule has 2 N–H and O–H groups in total. The van der Waals surface area contributed by atoms with Crippen molar-refractivity contribution in [2.45, 2.75) is 39.3 Å². The van der Waals surface area contributed by atoms with Crippen molar-refractivity contribution in [2.24, 2.45) is 5.41 Å². The second kappa shape index (κ2) is 4.56. The van der Waals surface area contributed by atoms with Crippen molar-refractivity contribution in [2.75, 3.05) is 5.32 Å². The van der Waals surface area contributed by atoms with E-state index >= 15 is 0 Å². The lowest BCUT2D eigenvalue weighted by molar-refractivity contribution is -0.0510. The lowest BCUT2D eigenvalue weighted by atomic mass is 9.64. The molecule has 0 saturated heterocycles. The van der Waals surface area contributed by atoms with Gasteiger partial charge in [0.15, 0.2) is 0 Å². The molecule has 0 bridgehead atoms. The van der Waals surface area contributed by atoms with Crippen LogP contribution in [0.1, 0.15) is 25.8 Å². The molecule has 1 aliphatic rings. The van der Waals surface area contributed by atoms with Crippen LogP contribution < -0.4 is 5.32 Å². The number of hydrogen-bond donors (Lipinski definition) is 2. The molecular weight excluding hydrogens is 346 g/mol. The predicted molar refractivity (Wildman–Crippen MR) is 78.4 cm³/mol. The minimum atomic E-state index is -0.206. The summed E-state index contributed by atoms with van der Waals surface area (Å²) in [6.45, 7) is 6.25. The van der Waals surface area contributed by atoms with Gasteiger partial charge in [-0.2, -0.15) is 0 Å². The molecular formula is C13H17Br2NO. The highest BCUT2D eigenvalue weighted by Gasteiger charge is 2.47. The first kappa shape index (κ1) is 13.4. The average molecular weight is 363 g/mol. The quantitative estimate of drug-likeness (QED) is 0.830. The molecule has 2 atom stereocenters. The minimum Gasteiger partial charge on any atom is -0.392 e. The zero-order chi connectivity index (χ0) is 12.8. The van der Waals surface area contributed by atoms with Crippen LogP contribution in [0.3, 0.4) is 0 Å². The van der Waals surface area contributed by atoms with Crippen LogP contribution in [0.25, 0.3) is 0 Å². The topological polar surface area (TPSA) is 32.3 Å². The molecule has 1 aromatic carbocycles. The lowest BCUT2D eigenvalue weighted by Crippen LogP contribution is -2.57. The van der Waals surface area contributed by atoms with E-state index in [9.17, 15) is 5.11 Å². The molecule has 1 fully saturated rings. The second-order valence-corrected chi connectivity index (χ2v) is 7.08. The summed E-state index contributed by atoms with van der Waals surface area (Å²) in [6.07, 6.45) is 0.600. The minimum absolute atomic E-state index is 0.0657. The molecule has 0 radical (unpaired) electrons. The van der Waals surface area contributed by atoms with Gasteiger partial charge >= 0.3 is 0 Å². The van der Waals surface area contributed by atoms with Crippen LogP contribution in [0.4, 0.5) is 5.69 Å². The summed E-state index contributed by atoms with van der Waals surface area (Å²) in [5, 5.41) is 13.3. The summed E-state index contributed by atoms with van der Waals surface area (Å²) in [7, 11) is 0. The van der Waals surface area contributed by atoms with Crippen molar-refractivity contribution in [3.8, 4) is 0 Å². The van der Waals surface area contributed by atoms with Crippen molar-refractivity contribution in [3.05, 3.63) is 26.6 Å². The summed E-state index contributed by atoms with van der Waals surface area (Å²) < 4.78 is 2.11. The third kappa shape index (κ3) is 2.40. The van der Waals surface area contributed by atoms with Gasteiger partial charge in [-0.1, -0.05) is 13.8 Å². The number of aliphatic hydroxyl groups excluding tert-OH is 1. The Bertz CT molecular complexity index is 422. The number of rotatable bonds is 2. The third-order valence-electron chi connectivity index (χ3n) is 3.72. The summed E-state index contributed by atoms with van der Waals surface area (Å²) in [6, 6.07) is 4.50. The zero-order valence-corrected chi connectivity index (χ0v) is 13.4. The number of aryl methyl sites for hydroxylation is 1. The molecule has 2 nitrogen and oxygen atoms in total. The van der Waals surface area contributed by atoms with E-state index in [-0.39, 0.29) is 11.5 Å². The SMILES string of the molecule is Cc1cc(Br)c(NC2CC(O)C2(C)C)c(Br)c1. The number of halogens is 2. The fourth-order valence-electron chi connectivity index (χ4n) is 2.16. The molecule has 94 valence electrons. The van der Waals surface area contributed by atoms with Crippen LogP contribution in [0, 0.1) is 12.3 Å². The second-order valence-electron chi connectivity index (χ2n) is 5.37. The van der Waals surface area contributed by atoms with Gasteiger partial charge in [-0.3, -0.25) is 0 Å². The highest BCUT2D eigenvalue weighted by molar-refractivity contribution is 9.11. The Balaban J connectivity index is 2.21. The van der Waals surface area contributed by atoms with Gasteiger partial charge in [0.25, 0.3) is 0 Å². The van der Waals surface area contributed by atoms with Crippen molar-refractivity contribution >= 4 is 37.5 Å². The van der Waals surface area contributed by atoms with Crippen molar-refractivity contribution in [3.63, 3.8) is 0 Å². The van der Waals surface area contributed by atoms with E-state index in [0.717, 1.165) is 21.1 Å². The highest BCUT2D eigenvalue weighted by atomic mass is 79.9. The summed E-state index contributed by atoms with van der Waals surface area (Å²) in [5.41, 5.74) is 2.21. The van der Waals surface area contributed by atoms with Crippen molar-refractivity contribution < 1.29 is 5.11 Å². The normalized spacial score (nSPS) is 26.5. The van der Waals surface area contributed by atoms with Crippen LogP contribution in [-0.2, 0) is 0 Å². The van der Waals surface area contributed by atoms with Gasteiger partial charge in [-0.05, 0) is 62.9 Å². The molecule has 0 aromatic heterocycles. The number of anilines is 1. The van der Waals surface area contributed by atoms with E-state index in [1.165, 1.54) is 5.56 Å². The Morgan fingerprint density at radius 2 is 1.82 bits per heavy atom. The standard InChI is InChI=1S/C13H17Br2NO/c1-7-4-8(14)12(9(15)5-7)16-10-6-11(17)13(10,2)3/h4-5,10-11,16-17H,6H2,1-3H3. The van der Waals surface area contributed by atoms with Crippen LogP contribution in [-0.4, -0.2) is 17.3 Å². The maximum absolute atomic E-state index is 9.74. The largest absolute Gasteiger partial charge is 0.392 e. The first-order chi connectivity index (χ1) is 7.82. The van der Waals surface area contributed by atoms with E-state index in [2.05, 4.69) is 70.1 Å². The maximum atomic E-state index is 9.74. The van der Waals surface area contributed by atoms with Crippen LogP contribution in [0.15, 0.2) is 21.1 Å². The monoisotopic (exact) mass is 361 g/mol. The molecule has 1 saturated carbocycles. The first-order valence-electron chi connectivity index (χ1n) is 5.72. The summed E-state index contributed by atoms with van der Waals surface area (Å²) >= 11 is 7.15. The smallest absolute Gasteiger partial charge is 0.0631 e. The van der Waals surface area contributed by atoms with E-state index in [4.69, 9.17) is 0 Å². The van der Waals surface area contributed by atoms with Gasteiger partial charge in [0.1, 0.15) is 0 Å². The molecule has 1 aromatic rings. The molecule has 0 amide bonds. The number of aliphatic hydroxyl groups is 1. The summed E-state index contributed by atoms with van der Waals surface area (Å²) in [4.78, 5) is 0. The molecule has 0 aliphatic heterocycles. The molecule has 2 rings (SSSR count). The number of hydrogen-bond acceptors (Lipinski definition) is 2. The first-order valence-corrected chi connectivity index (χ1v) is 7.31. The third-order valence-corrected chi connectivity index (χ3v) is 4.97. The van der Waals surface area contributed by atoms with Crippen LogP contribution in [0.5, 0.6) is 0 Å². The number of nitrogens with one attached hydrogen (secondary N) is 1. The fourth-order valence-corrected chi connectivity index (χ4v) is 3.80. The molecule has 1 aliphatic carbocycles. The molecule has 0 spiro atoms. The van der Waals surface area contributed by atoms with Gasteiger partial charge in [0, 0.05) is 20.4 Å². The van der Waals surface area contributed by atoms with Gasteiger partial charge in [0.2, 0.25) is 0 Å². The van der Waals surface area contributed by atoms with Gasteiger partial charge in [0.05, 0.1) is 11.8 Å². The van der Waals surface area contributed by atoms with Gasteiger partial charge in [-0.15, -0.1) is 0 Å². The Labute approximate surface area is 119 Å². The Kier molecular flexibility index (Phi) is 3.59. The lowest BCUT2D eigenvalue weighted by Gasteiger charge is -2.50. The molecule has 0 heterocycles. The Morgan fingerprint density at radius 3 is 2.24 bits per heavy atom. The fraction of sp³-hybridized carbons (Fsp3) is 0.538. The Hall–Kier alpha value is -0.0600. The van der Waals surface area contributed by atoms with Crippen molar-refractivity contribution in [1.29, 1.82) is 0 Å². The van der Waals surface area contributed by atoms with E-state index in [0.29, 0.717) is 6.04 Å². The maximum Gasteiger partial charge on any atom is 0.0631 e. The average Bonchev–Trinajstić information content (AvgIpc) is 2.21. The highest BCUT2D eigenvalue weighted by Crippen LogP contribution is 2.44. The summed E-state index contributed by atoms with van der Waals surface area (Å²) in [5.74, 6) is 0. The number of benzene rings is 1. The van der Waals surface area contributed by atoms with Crippen LogP contribution in [0.2, 0.25) is 0 Å². The van der Waals surface area contributed by atoms with Gasteiger partial charge < -0.3 is 10.4 Å². The molecule has 4 heteroatoms. The molecule has 17 heavy (non-hydrogen) atoms. The molecule has 2 unspecified atom stereocenters. The van der Waals surface area contributed by atoms with Crippen LogP contribution >= 0.6 is 31.9 Å². The van der Waals surface area contributed by atoms with Gasteiger partial charge in [-0.25, -0.2) is 0 Å². The Morgan fingerprint density at radius 1 is 1.29 bits per heavy atom. The van der Waals surface area contributed by atoms with E-state index < -0.39 is 0 Å². The zero-order valence-electron chi connectivity index (χ0n) is 10.2.